The Morgan fingerprint density at radius 1 is 0.500 bits per heavy atom. The maximum Gasteiger partial charge on any atom is 0.322 e. The van der Waals surface area contributed by atoms with Crippen molar-refractivity contribution in [3.8, 4) is 5.75 Å². The number of hydrogen-bond acceptors (Lipinski definition) is 31. The van der Waals surface area contributed by atoms with E-state index >= 15 is 0 Å². The monoisotopic (exact) mass is 1790 g/mol. The largest absolute Gasteiger partial charge is 0.550 e. The van der Waals surface area contributed by atoms with Crippen molar-refractivity contribution >= 4 is 195 Å². The van der Waals surface area contributed by atoms with Gasteiger partial charge < -0.3 is 117 Å². The van der Waals surface area contributed by atoms with Crippen LogP contribution in [0.5, 0.6) is 5.75 Å². The van der Waals surface area contributed by atoms with E-state index in [9.17, 15) is 103 Å². The Bertz CT molecular complexity index is 2450. The van der Waals surface area contributed by atoms with Gasteiger partial charge in [0, 0.05) is 23.8 Å². The van der Waals surface area contributed by atoms with Crippen molar-refractivity contribution in [2.24, 2.45) is 23.7 Å². The van der Waals surface area contributed by atoms with E-state index < -0.39 is 89.8 Å². The molecule has 94 heavy (non-hydrogen) atoms. The van der Waals surface area contributed by atoms with E-state index in [-0.39, 0.29) is 143 Å². The number of carboxylic acids is 7. The quantitative estimate of drug-likeness (QED) is 0.0236. The number of alkyl halides is 7. The lowest BCUT2D eigenvalue weighted by Crippen LogP contribution is -2.37. The van der Waals surface area contributed by atoms with Gasteiger partial charge in [0.15, 0.2) is 0 Å². The summed E-state index contributed by atoms with van der Waals surface area (Å²) in [4.78, 5) is 146. The average molecular weight is 1800 g/mol. The Morgan fingerprint density at radius 2 is 0.947 bits per heavy atom. The SMILES string of the molecule is CC(Br)C(=O)OCCOCC(=O)[O-].CC(C)(Br)C(=O)OCCOCC(=O)[O-].O=C(CBr)OC1CC2CC1CC2C(=O)[O-].O=C(CBr)OC1CCC(C(=O)[O-])CC1.O=C(CBr)Oc1ccc(C(=O)[O-])cc1.O=C([O-])CCCCOC(=O)CBr.O=C([O-])COCCOC(=O)CBr. The molecule has 0 heterocycles. The number of benzene rings is 1. The van der Waals surface area contributed by atoms with Crippen molar-refractivity contribution in [3.63, 3.8) is 0 Å². The highest BCUT2D eigenvalue weighted by atomic mass is 79.9. The van der Waals surface area contributed by atoms with Crippen molar-refractivity contribution in [3.05, 3.63) is 29.8 Å². The fraction of sp³-hybridized carbons (Fsp3) is 0.643. The van der Waals surface area contributed by atoms with Crippen LogP contribution in [0.1, 0.15) is 95.3 Å². The van der Waals surface area contributed by atoms with Gasteiger partial charge in [0.1, 0.15) is 73.6 Å². The molecule has 0 radical (unpaired) electrons. The topological polar surface area (TPSA) is 493 Å². The summed E-state index contributed by atoms with van der Waals surface area (Å²) < 4.78 is 46.7. The minimum absolute atomic E-state index is 0.0197. The van der Waals surface area contributed by atoms with Crippen LogP contribution in [-0.4, -0.2) is 198 Å². The second-order valence-electron chi connectivity index (χ2n) is 19.4. The zero-order valence-electron chi connectivity index (χ0n) is 50.8. The number of carbonyl (C=O) groups is 14. The first kappa shape index (κ1) is 93.2. The number of fused-ring (bicyclic) bond motifs is 2. The number of unbranched alkanes of at least 4 members (excludes halogenated alkanes) is 1. The molecule has 5 atom stereocenters. The summed E-state index contributed by atoms with van der Waals surface area (Å²) in [5.41, 5.74) is 0.0450. The van der Waals surface area contributed by atoms with Gasteiger partial charge in [-0.3, -0.25) is 33.6 Å². The molecule has 0 N–H and O–H groups in total. The molecular formula is C56H70Br7O31-7. The standard InChI is InChI=1S/C10H13BrO4.C9H13BrO4.C9H7BrO4.C8H13BrO5.C7H11BrO5.C7H11BrO4.C6H9BrO5/c11-4-9(12)15-8-3-5-1-6(8)2-7(5)10(13)14;2*10-5-8(11)14-7-3-1-6(2-4-7)9(12)13;1-8(2,9)7(12)14-4-3-13-5-6(10)11;1-5(8)7(11)13-3-2-12-4-6(9)10;8-5-7(11)12-4-2-1-3-6(9)10;7-3-6(10)12-2-1-11-4-5(8)9/h5-8H,1-4H2,(H,13,14);6-7H,1-5H2,(H,12,13);1-4H,5H2,(H,12,13);3-5H2,1-2H3,(H,10,11);5H,2-4H2,1H3,(H,9,10);1-5H2,(H,9,10);1-4H2,(H,8,9)/p-7. The summed E-state index contributed by atoms with van der Waals surface area (Å²) in [7, 11) is 0. The zero-order valence-corrected chi connectivity index (χ0v) is 61.9. The average Bonchev–Trinajstić information content (AvgIpc) is 1.65. The molecule has 31 nitrogen and oxygen atoms in total. The first-order valence-corrected chi connectivity index (χ1v) is 35.0. The number of hydrogen-bond donors (Lipinski definition) is 0. The van der Waals surface area contributed by atoms with Gasteiger partial charge >= 0.3 is 41.8 Å². The molecular weight excluding hydrogens is 1730 g/mol. The van der Waals surface area contributed by atoms with Crippen LogP contribution in [0, 0.1) is 23.7 Å². The van der Waals surface area contributed by atoms with E-state index in [1.54, 1.807) is 20.8 Å². The summed E-state index contributed by atoms with van der Waals surface area (Å²) in [6.07, 6.45) is 5.36. The molecule has 38 heteroatoms. The van der Waals surface area contributed by atoms with Crippen LogP contribution in [-0.2, 0) is 105 Å². The second-order valence-corrected chi connectivity index (χ2v) is 25.5. The Labute approximate surface area is 599 Å². The van der Waals surface area contributed by atoms with E-state index in [0.717, 1.165) is 6.42 Å². The molecule has 4 rings (SSSR count). The van der Waals surface area contributed by atoms with Crippen LogP contribution in [0.4, 0.5) is 0 Å². The van der Waals surface area contributed by atoms with Crippen molar-refractivity contribution in [2.75, 3.05) is 92.7 Å². The zero-order chi connectivity index (χ0) is 72.4. The third-order valence-electron chi connectivity index (χ3n) is 11.5. The number of carbonyl (C=O) groups excluding carboxylic acids is 14. The Balaban J connectivity index is -0.00000103. The molecule has 0 aromatic heterocycles. The molecule has 1 aromatic carbocycles. The summed E-state index contributed by atoms with van der Waals surface area (Å²) in [6.45, 7) is 4.04. The molecule has 3 fully saturated rings. The van der Waals surface area contributed by atoms with Crippen LogP contribution >= 0.6 is 112 Å². The predicted molar refractivity (Wildman–Crippen MR) is 333 cm³/mol. The Hall–Kier alpha value is -4.96. The predicted octanol–water partition coefficient (Wildman–Crippen LogP) is -2.24. The first-order chi connectivity index (χ1) is 44.1. The third-order valence-corrected chi connectivity index (χ3v) is 14.5. The molecule has 3 aliphatic rings. The normalized spacial score (nSPS) is 17.2. The molecule has 5 unspecified atom stereocenters. The molecule has 1 aromatic rings. The van der Waals surface area contributed by atoms with Crippen LogP contribution in [0.2, 0.25) is 0 Å². The molecule has 3 saturated carbocycles. The molecule has 536 valence electrons. The number of aromatic carboxylic acids is 1. The number of esters is 7. The van der Waals surface area contributed by atoms with Gasteiger partial charge in [-0.05, 0) is 133 Å². The number of ether oxygens (including phenoxy) is 10. The molecule has 0 spiro atoms. The van der Waals surface area contributed by atoms with Crippen LogP contribution in [0.15, 0.2) is 24.3 Å². The number of aliphatic carboxylic acids is 6. The van der Waals surface area contributed by atoms with Crippen molar-refractivity contribution in [2.45, 2.75) is 106 Å². The number of carboxylic acid groups (broad SMARTS) is 7. The van der Waals surface area contributed by atoms with E-state index in [0.29, 0.717) is 57.1 Å². The molecule has 0 amide bonds. The lowest BCUT2D eigenvalue weighted by Gasteiger charge is -2.28. The minimum atomic E-state index is -1.29. The van der Waals surface area contributed by atoms with E-state index in [2.05, 4.69) is 140 Å². The smallest absolute Gasteiger partial charge is 0.322 e. The van der Waals surface area contributed by atoms with Crippen LogP contribution in [0.3, 0.4) is 0 Å². The maximum absolute atomic E-state index is 11.1. The number of rotatable bonds is 33. The van der Waals surface area contributed by atoms with Gasteiger partial charge in [0.05, 0.1) is 70.1 Å². The van der Waals surface area contributed by atoms with E-state index in [1.165, 1.54) is 24.3 Å². The van der Waals surface area contributed by atoms with Gasteiger partial charge in [0.2, 0.25) is 0 Å². The maximum atomic E-state index is 11.1. The van der Waals surface area contributed by atoms with Crippen molar-refractivity contribution < 1.29 is 150 Å². The summed E-state index contributed by atoms with van der Waals surface area (Å²) in [6, 6.07) is 5.41. The van der Waals surface area contributed by atoms with E-state index in [4.69, 9.17) is 18.9 Å². The van der Waals surface area contributed by atoms with E-state index in [1.807, 2.05) is 0 Å². The highest BCUT2D eigenvalue weighted by molar-refractivity contribution is 9.10. The highest BCUT2D eigenvalue weighted by Gasteiger charge is 2.48. The molecule has 3 aliphatic carbocycles. The second kappa shape index (κ2) is 56.1. The van der Waals surface area contributed by atoms with Gasteiger partial charge in [0.25, 0.3) is 0 Å². The lowest BCUT2D eigenvalue weighted by atomic mass is 9.87. The van der Waals surface area contributed by atoms with Gasteiger partial charge in [-0.2, -0.15) is 0 Å². The highest BCUT2D eigenvalue weighted by Crippen LogP contribution is 2.49. The van der Waals surface area contributed by atoms with Crippen molar-refractivity contribution in [1.82, 2.24) is 0 Å². The summed E-state index contributed by atoms with van der Waals surface area (Å²) in [5.74, 6) is -10.7. The Kier molecular flexibility index (Phi) is 55.6. The van der Waals surface area contributed by atoms with Crippen molar-refractivity contribution in [1.29, 1.82) is 0 Å². The van der Waals surface area contributed by atoms with Crippen LogP contribution < -0.4 is 40.5 Å². The Morgan fingerprint density at radius 3 is 1.33 bits per heavy atom. The molecule has 2 bridgehead atoms. The van der Waals surface area contributed by atoms with Gasteiger partial charge in [-0.15, -0.1) is 0 Å². The van der Waals surface area contributed by atoms with Crippen LogP contribution in [0.25, 0.3) is 0 Å². The molecule has 0 aliphatic heterocycles. The third kappa shape index (κ3) is 52.3. The lowest BCUT2D eigenvalue weighted by molar-refractivity contribution is -0.314. The summed E-state index contributed by atoms with van der Waals surface area (Å²) >= 11 is 20.9. The summed E-state index contributed by atoms with van der Waals surface area (Å²) in [5, 5.41) is 71.9. The fourth-order valence-electron chi connectivity index (χ4n) is 7.30. The van der Waals surface area contributed by atoms with Gasteiger partial charge in [-0.25, -0.2) is 0 Å². The minimum Gasteiger partial charge on any atom is -0.550 e. The fourth-order valence-corrected chi connectivity index (χ4v) is 8.25. The van der Waals surface area contributed by atoms with Gasteiger partial charge in [-0.1, -0.05) is 112 Å². The molecule has 0 saturated heterocycles. The first-order valence-electron chi connectivity index (χ1n) is 27.7. The number of halogens is 7.